The van der Waals surface area contributed by atoms with Gasteiger partial charge in [0.25, 0.3) is 0 Å². The Labute approximate surface area is 253 Å². The van der Waals surface area contributed by atoms with E-state index in [0.717, 1.165) is 57.5 Å². The monoisotopic (exact) mass is 572 g/mol. The van der Waals surface area contributed by atoms with Crippen molar-refractivity contribution < 1.29 is 18.9 Å². The zero-order valence-corrected chi connectivity index (χ0v) is 24.8. The Morgan fingerprint density at radius 2 is 1.44 bits per heavy atom. The van der Waals surface area contributed by atoms with Gasteiger partial charge in [-0.1, -0.05) is 86.6 Å². The Bertz CT molecular complexity index is 1680. The minimum atomic E-state index is -1.16. The van der Waals surface area contributed by atoms with Crippen molar-refractivity contribution in [2.45, 2.75) is 57.6 Å². The highest BCUT2D eigenvalue weighted by molar-refractivity contribution is 6.00. The molecular weight excluding hydrogens is 536 g/mol. The van der Waals surface area contributed by atoms with E-state index in [1.807, 2.05) is 55.5 Å². The van der Waals surface area contributed by atoms with E-state index in [1.54, 1.807) is 0 Å². The average Bonchev–Trinajstić information content (AvgIpc) is 3.77. The molecule has 0 saturated carbocycles. The largest absolute Gasteiger partial charge is 0.478 e. The summed E-state index contributed by atoms with van der Waals surface area (Å²) in [7, 11) is 0. The van der Waals surface area contributed by atoms with E-state index in [0.29, 0.717) is 25.0 Å². The third kappa shape index (κ3) is 4.66. The van der Waals surface area contributed by atoms with Gasteiger partial charge in [0.1, 0.15) is 12.6 Å². The molecule has 7 rings (SSSR count). The van der Waals surface area contributed by atoms with Crippen molar-refractivity contribution in [3.8, 4) is 0 Å². The van der Waals surface area contributed by atoms with Gasteiger partial charge in [0.2, 0.25) is 17.6 Å². The van der Waals surface area contributed by atoms with Crippen molar-refractivity contribution in [1.29, 1.82) is 0 Å². The smallest absolute Gasteiger partial charge is 0.225 e. The molecule has 4 aromatic carbocycles. The summed E-state index contributed by atoms with van der Waals surface area (Å²) in [4.78, 5) is 10.1. The predicted molar refractivity (Wildman–Crippen MR) is 168 cm³/mol. The Kier molecular flexibility index (Phi) is 7.33. The molecule has 3 heterocycles. The maximum absolute atomic E-state index is 7.08. The van der Waals surface area contributed by atoms with Crippen LogP contribution in [0.1, 0.15) is 90.8 Å². The summed E-state index contributed by atoms with van der Waals surface area (Å²) >= 11 is 0. The van der Waals surface area contributed by atoms with Crippen LogP contribution in [0.4, 0.5) is 5.69 Å². The zero-order chi connectivity index (χ0) is 29.4. The second-order valence-electron chi connectivity index (χ2n) is 11.0. The fourth-order valence-corrected chi connectivity index (χ4v) is 6.58. The highest BCUT2D eigenvalue weighted by atomic mass is 16.7. The minimum Gasteiger partial charge on any atom is -0.478 e. The maximum atomic E-state index is 7.08. The fourth-order valence-electron chi connectivity index (χ4n) is 6.58. The summed E-state index contributed by atoms with van der Waals surface area (Å²) in [5.41, 5.74) is 7.85. The molecule has 4 aromatic rings. The summed E-state index contributed by atoms with van der Waals surface area (Å²) < 4.78 is 26.7. The molecule has 0 saturated heterocycles. The summed E-state index contributed by atoms with van der Waals surface area (Å²) in [5.74, 6) is 0.00671. The van der Waals surface area contributed by atoms with E-state index in [-0.39, 0.29) is 18.2 Å². The molecule has 0 N–H and O–H groups in total. The first-order valence-corrected chi connectivity index (χ1v) is 15.3. The van der Waals surface area contributed by atoms with E-state index < -0.39 is 5.79 Å². The number of ether oxygens (including phenoxy) is 4. The summed E-state index contributed by atoms with van der Waals surface area (Å²) in [6.45, 7) is 7.25. The van der Waals surface area contributed by atoms with Crippen molar-refractivity contribution in [3.05, 3.63) is 136 Å². The molecule has 1 spiro atoms. The van der Waals surface area contributed by atoms with Crippen molar-refractivity contribution in [1.82, 2.24) is 0 Å². The molecule has 218 valence electrons. The van der Waals surface area contributed by atoms with Crippen LogP contribution in [0.2, 0.25) is 0 Å². The number of hydrogen-bond donors (Lipinski definition) is 0. The third-order valence-corrected chi connectivity index (χ3v) is 8.47. The molecule has 0 fully saturated rings. The van der Waals surface area contributed by atoms with E-state index in [2.05, 4.69) is 62.4 Å². The molecule has 6 heteroatoms. The van der Waals surface area contributed by atoms with Gasteiger partial charge in [-0.2, -0.15) is 0 Å². The van der Waals surface area contributed by atoms with Gasteiger partial charge in [-0.15, -0.1) is 0 Å². The van der Waals surface area contributed by atoms with Crippen LogP contribution in [-0.2, 0) is 24.7 Å². The minimum absolute atomic E-state index is 0.0643. The van der Waals surface area contributed by atoms with E-state index >= 15 is 0 Å². The van der Waals surface area contributed by atoms with Crippen LogP contribution < -0.4 is 0 Å². The Morgan fingerprint density at radius 1 is 0.791 bits per heavy atom. The molecule has 3 aliphatic rings. The molecular formula is C37H36N2O4. The number of fused-ring (bicyclic) bond motifs is 4. The van der Waals surface area contributed by atoms with Crippen molar-refractivity contribution in [2.24, 2.45) is 9.98 Å². The van der Waals surface area contributed by atoms with Crippen molar-refractivity contribution in [3.63, 3.8) is 0 Å². The van der Waals surface area contributed by atoms with Gasteiger partial charge in [-0.3, -0.25) is 0 Å². The number of para-hydroxylation sites is 1. The molecule has 0 unspecified atom stereocenters. The van der Waals surface area contributed by atoms with E-state index in [1.165, 1.54) is 0 Å². The molecule has 0 radical (unpaired) electrons. The molecule has 0 amide bonds. The molecule has 3 aliphatic heterocycles. The van der Waals surface area contributed by atoms with Crippen LogP contribution in [0.15, 0.2) is 107 Å². The van der Waals surface area contributed by atoms with Crippen LogP contribution in [0.5, 0.6) is 0 Å². The maximum Gasteiger partial charge on any atom is 0.225 e. The second-order valence-corrected chi connectivity index (χ2v) is 11.0. The molecule has 4 atom stereocenters. The highest BCUT2D eigenvalue weighted by Crippen LogP contribution is 2.59. The summed E-state index contributed by atoms with van der Waals surface area (Å²) in [6, 6.07) is 32.7. The van der Waals surface area contributed by atoms with Gasteiger partial charge >= 0.3 is 0 Å². The van der Waals surface area contributed by atoms with Crippen LogP contribution in [0.25, 0.3) is 0 Å². The zero-order valence-electron chi connectivity index (χ0n) is 24.8. The van der Waals surface area contributed by atoms with Gasteiger partial charge in [0, 0.05) is 22.3 Å². The molecule has 0 bridgehead atoms. The standard InChI is InChI=1S/C37H36N2O4/c1-4-31-26-19-13-21-28(35(40-6-3)38-25-17-11-8-12-18-25)33(26)37(42-31)34-27(32(5-2)43-37)20-14-22-29(34)36-39-30(23-41-36)24-15-9-7-10-16-24/h7-22,30-32H,4-6,23H2,1-3H3/b38-35-/t30-,31-,32-,37+/m0/s1. The summed E-state index contributed by atoms with van der Waals surface area (Å²) in [5, 5.41) is 0. The Balaban J connectivity index is 1.44. The van der Waals surface area contributed by atoms with E-state index in [4.69, 9.17) is 28.9 Å². The number of nitrogens with zero attached hydrogens (tertiary/aromatic N) is 2. The van der Waals surface area contributed by atoms with Gasteiger partial charge in [-0.25, -0.2) is 9.98 Å². The number of benzene rings is 4. The van der Waals surface area contributed by atoms with Gasteiger partial charge in [0.15, 0.2) is 0 Å². The van der Waals surface area contributed by atoms with Crippen molar-refractivity contribution in [2.75, 3.05) is 13.2 Å². The van der Waals surface area contributed by atoms with Gasteiger partial charge in [-0.05, 0) is 60.7 Å². The van der Waals surface area contributed by atoms with Crippen LogP contribution in [0.3, 0.4) is 0 Å². The molecule has 43 heavy (non-hydrogen) atoms. The Hall–Kier alpha value is -4.26. The average molecular weight is 573 g/mol. The lowest BCUT2D eigenvalue weighted by atomic mass is 9.86. The lowest BCUT2D eigenvalue weighted by Crippen LogP contribution is -2.31. The molecule has 0 aromatic heterocycles. The van der Waals surface area contributed by atoms with Gasteiger partial charge < -0.3 is 18.9 Å². The quantitative estimate of drug-likeness (QED) is 0.165. The van der Waals surface area contributed by atoms with Crippen LogP contribution in [-0.4, -0.2) is 25.0 Å². The number of aliphatic imine (C=N–C) groups is 2. The second kappa shape index (κ2) is 11.4. The van der Waals surface area contributed by atoms with Crippen molar-refractivity contribution >= 4 is 17.5 Å². The lowest BCUT2D eigenvalue weighted by molar-refractivity contribution is -0.236. The predicted octanol–water partition coefficient (Wildman–Crippen LogP) is 8.48. The lowest BCUT2D eigenvalue weighted by Gasteiger charge is -2.30. The topological polar surface area (TPSA) is 61.6 Å². The molecule has 0 aliphatic carbocycles. The normalized spacial score (nSPS) is 24.0. The molecule has 6 nitrogen and oxygen atoms in total. The summed E-state index contributed by atoms with van der Waals surface area (Å²) in [6.07, 6.45) is 1.28. The van der Waals surface area contributed by atoms with Crippen LogP contribution in [0, 0.1) is 0 Å². The number of hydrogen-bond acceptors (Lipinski definition) is 6. The van der Waals surface area contributed by atoms with E-state index in [9.17, 15) is 0 Å². The fraction of sp³-hybridized carbons (Fsp3) is 0.297. The Morgan fingerprint density at radius 3 is 2.12 bits per heavy atom. The first kappa shape index (κ1) is 27.6. The SMILES string of the molecule is CCO/C(=N\c1ccccc1)c1cccc2c1[C@]1(O[C@@H](CC)c3cccc(C4=N[C@H](c5ccccc5)CO4)c31)O[C@H]2CC. The third-order valence-electron chi connectivity index (χ3n) is 8.47. The van der Waals surface area contributed by atoms with Gasteiger partial charge in [0.05, 0.1) is 24.5 Å². The highest BCUT2D eigenvalue weighted by Gasteiger charge is 2.57. The first-order valence-electron chi connectivity index (χ1n) is 15.3. The first-order chi connectivity index (χ1) is 21.2. The van der Waals surface area contributed by atoms with Crippen LogP contribution >= 0.6 is 0 Å². The number of rotatable bonds is 7.